The van der Waals surface area contributed by atoms with Gasteiger partial charge in [0.15, 0.2) is 5.16 Å². The number of fused-ring (bicyclic) bond motifs is 2. The van der Waals surface area contributed by atoms with Crippen molar-refractivity contribution in [2.45, 2.75) is 31.5 Å². The molecule has 0 unspecified atom stereocenters. The lowest BCUT2D eigenvalue weighted by Crippen LogP contribution is -2.32. The standard InChI is InChI=1S/C22H21N3O3S/c1-3-14(2)25-21(28)17-10-6-7-11-18(17)23-22(25)29-13-12-24-19(26)15-8-4-5-9-16(15)20(24)27/h4-11,14H,3,12-13H2,1-2H3/t14-/m0/s1. The number of thioether (sulfide) groups is 1. The van der Waals surface area contributed by atoms with E-state index < -0.39 is 0 Å². The number of imide groups is 1. The molecule has 1 atom stereocenters. The second-order valence-electron chi connectivity index (χ2n) is 7.00. The van der Waals surface area contributed by atoms with E-state index in [1.165, 1.54) is 16.7 Å². The highest BCUT2D eigenvalue weighted by Crippen LogP contribution is 2.25. The number of para-hydroxylation sites is 1. The van der Waals surface area contributed by atoms with Crippen molar-refractivity contribution in [2.24, 2.45) is 0 Å². The van der Waals surface area contributed by atoms with Crippen LogP contribution in [0.4, 0.5) is 0 Å². The van der Waals surface area contributed by atoms with Crippen LogP contribution in [-0.4, -0.2) is 38.6 Å². The first-order valence-electron chi connectivity index (χ1n) is 9.62. The topological polar surface area (TPSA) is 72.3 Å². The number of nitrogens with zero attached hydrogens (tertiary/aromatic N) is 3. The second kappa shape index (κ2) is 7.83. The van der Waals surface area contributed by atoms with Gasteiger partial charge in [0.05, 0.1) is 22.0 Å². The van der Waals surface area contributed by atoms with Crippen LogP contribution in [0, 0.1) is 0 Å². The molecular weight excluding hydrogens is 386 g/mol. The Hall–Kier alpha value is -2.93. The summed E-state index contributed by atoms with van der Waals surface area (Å²) in [5.41, 5.74) is 1.49. The number of benzene rings is 2. The summed E-state index contributed by atoms with van der Waals surface area (Å²) in [5, 5.41) is 1.21. The summed E-state index contributed by atoms with van der Waals surface area (Å²) in [7, 11) is 0. The molecule has 0 saturated carbocycles. The number of carbonyl (C=O) groups excluding carboxylic acids is 2. The third-order valence-electron chi connectivity index (χ3n) is 5.23. The quantitative estimate of drug-likeness (QED) is 0.353. The molecule has 29 heavy (non-hydrogen) atoms. The van der Waals surface area contributed by atoms with Gasteiger partial charge in [0.1, 0.15) is 0 Å². The van der Waals surface area contributed by atoms with Gasteiger partial charge in [-0.05, 0) is 37.6 Å². The van der Waals surface area contributed by atoms with Crippen LogP contribution in [0.1, 0.15) is 47.0 Å². The summed E-state index contributed by atoms with van der Waals surface area (Å²) in [6, 6.07) is 14.2. The van der Waals surface area contributed by atoms with E-state index in [4.69, 9.17) is 0 Å². The van der Waals surface area contributed by atoms with Crippen molar-refractivity contribution in [3.8, 4) is 0 Å². The molecule has 0 saturated heterocycles. The number of carbonyl (C=O) groups is 2. The Labute approximate surface area is 172 Å². The highest BCUT2D eigenvalue weighted by Gasteiger charge is 2.34. The van der Waals surface area contributed by atoms with Crippen LogP contribution in [0.25, 0.3) is 10.9 Å². The second-order valence-corrected chi connectivity index (χ2v) is 8.06. The van der Waals surface area contributed by atoms with E-state index in [-0.39, 0.29) is 30.0 Å². The van der Waals surface area contributed by atoms with E-state index in [1.54, 1.807) is 34.9 Å². The molecule has 1 aromatic heterocycles. The van der Waals surface area contributed by atoms with E-state index in [9.17, 15) is 14.4 Å². The fourth-order valence-corrected chi connectivity index (χ4v) is 4.49. The first kappa shape index (κ1) is 19.4. The van der Waals surface area contributed by atoms with E-state index in [0.29, 0.717) is 32.9 Å². The molecular formula is C22H21N3O3S. The molecule has 0 radical (unpaired) electrons. The van der Waals surface area contributed by atoms with Crippen LogP contribution >= 0.6 is 11.8 Å². The normalized spacial score (nSPS) is 14.5. The first-order valence-corrected chi connectivity index (χ1v) is 10.6. The van der Waals surface area contributed by atoms with Crippen LogP contribution in [0.3, 0.4) is 0 Å². The minimum absolute atomic E-state index is 0.00131. The Bertz CT molecular complexity index is 1140. The number of amides is 2. The van der Waals surface area contributed by atoms with Crippen LogP contribution in [-0.2, 0) is 0 Å². The minimum Gasteiger partial charge on any atom is -0.284 e. The molecule has 2 amide bonds. The van der Waals surface area contributed by atoms with E-state index >= 15 is 0 Å². The third kappa shape index (κ3) is 3.35. The number of hydrogen-bond acceptors (Lipinski definition) is 5. The van der Waals surface area contributed by atoms with Crippen molar-refractivity contribution in [3.05, 3.63) is 70.0 Å². The van der Waals surface area contributed by atoms with Gasteiger partial charge in [-0.2, -0.15) is 0 Å². The molecule has 148 valence electrons. The Morgan fingerprint density at radius 2 is 1.59 bits per heavy atom. The third-order valence-corrected chi connectivity index (χ3v) is 6.16. The fraction of sp³-hybridized carbons (Fsp3) is 0.273. The van der Waals surface area contributed by atoms with Crippen molar-refractivity contribution in [1.82, 2.24) is 14.5 Å². The molecule has 2 heterocycles. The lowest BCUT2D eigenvalue weighted by molar-refractivity contribution is 0.0664. The number of aromatic nitrogens is 2. The van der Waals surface area contributed by atoms with Crippen molar-refractivity contribution in [3.63, 3.8) is 0 Å². The average Bonchev–Trinajstić information content (AvgIpc) is 2.98. The summed E-state index contributed by atoms with van der Waals surface area (Å²) in [6.07, 6.45) is 0.798. The zero-order valence-corrected chi connectivity index (χ0v) is 17.1. The smallest absolute Gasteiger partial charge is 0.262 e. The monoisotopic (exact) mass is 407 g/mol. The van der Waals surface area contributed by atoms with Crippen molar-refractivity contribution in [1.29, 1.82) is 0 Å². The van der Waals surface area contributed by atoms with Crippen molar-refractivity contribution < 1.29 is 9.59 Å². The van der Waals surface area contributed by atoms with Gasteiger partial charge < -0.3 is 0 Å². The zero-order valence-electron chi connectivity index (χ0n) is 16.3. The molecule has 0 fully saturated rings. The zero-order chi connectivity index (χ0) is 20.5. The van der Waals surface area contributed by atoms with Crippen LogP contribution < -0.4 is 5.56 Å². The van der Waals surface area contributed by atoms with Crippen LogP contribution in [0.5, 0.6) is 0 Å². The Morgan fingerprint density at radius 3 is 2.24 bits per heavy atom. The largest absolute Gasteiger partial charge is 0.284 e. The molecule has 6 nitrogen and oxygen atoms in total. The van der Waals surface area contributed by atoms with E-state index in [0.717, 1.165) is 6.42 Å². The van der Waals surface area contributed by atoms with Gasteiger partial charge in [-0.3, -0.25) is 23.9 Å². The molecule has 3 aromatic rings. The molecule has 0 bridgehead atoms. The summed E-state index contributed by atoms with van der Waals surface area (Å²) in [4.78, 5) is 44.0. The van der Waals surface area contributed by atoms with Gasteiger partial charge in [-0.15, -0.1) is 0 Å². The highest BCUT2D eigenvalue weighted by molar-refractivity contribution is 7.99. The molecule has 1 aliphatic heterocycles. The maximum atomic E-state index is 13.0. The van der Waals surface area contributed by atoms with Crippen LogP contribution in [0.2, 0.25) is 0 Å². The Kier molecular flexibility index (Phi) is 5.24. The average molecular weight is 407 g/mol. The molecule has 2 aromatic carbocycles. The molecule has 4 rings (SSSR count). The maximum Gasteiger partial charge on any atom is 0.262 e. The summed E-state index contributed by atoms with van der Waals surface area (Å²) in [6.45, 7) is 4.28. The van der Waals surface area contributed by atoms with Gasteiger partial charge in [0.2, 0.25) is 0 Å². The molecule has 0 N–H and O–H groups in total. The van der Waals surface area contributed by atoms with Gasteiger partial charge in [0.25, 0.3) is 17.4 Å². The lowest BCUT2D eigenvalue weighted by Gasteiger charge is -2.19. The Balaban J connectivity index is 1.58. The van der Waals surface area contributed by atoms with Gasteiger partial charge in [0, 0.05) is 18.3 Å². The van der Waals surface area contributed by atoms with Gasteiger partial charge >= 0.3 is 0 Å². The Morgan fingerprint density at radius 1 is 0.966 bits per heavy atom. The summed E-state index contributed by atoms with van der Waals surface area (Å²) < 4.78 is 1.72. The van der Waals surface area contributed by atoms with E-state index in [2.05, 4.69) is 4.98 Å². The summed E-state index contributed by atoms with van der Waals surface area (Å²) in [5.74, 6) is -0.0684. The van der Waals surface area contributed by atoms with Crippen molar-refractivity contribution in [2.75, 3.05) is 12.3 Å². The number of rotatable bonds is 6. The van der Waals surface area contributed by atoms with Gasteiger partial charge in [-0.25, -0.2) is 4.98 Å². The maximum absolute atomic E-state index is 13.0. The molecule has 7 heteroatoms. The van der Waals surface area contributed by atoms with Crippen LogP contribution in [0.15, 0.2) is 58.5 Å². The summed E-state index contributed by atoms with van der Waals surface area (Å²) >= 11 is 1.40. The first-order chi connectivity index (χ1) is 14.0. The highest BCUT2D eigenvalue weighted by atomic mass is 32.2. The lowest BCUT2D eigenvalue weighted by atomic mass is 10.1. The SMILES string of the molecule is CC[C@H](C)n1c(SCCN2C(=O)c3ccccc3C2=O)nc2ccccc2c1=O. The predicted octanol–water partition coefficient (Wildman–Crippen LogP) is 3.76. The molecule has 1 aliphatic rings. The van der Waals surface area contributed by atoms with E-state index in [1.807, 2.05) is 32.0 Å². The van der Waals surface area contributed by atoms with Crippen molar-refractivity contribution >= 4 is 34.5 Å². The predicted molar refractivity (Wildman–Crippen MR) is 114 cm³/mol. The molecule has 0 aliphatic carbocycles. The fourth-order valence-electron chi connectivity index (χ4n) is 3.47. The molecule has 0 spiro atoms. The van der Waals surface area contributed by atoms with Gasteiger partial charge in [-0.1, -0.05) is 43.0 Å². The number of hydrogen-bond donors (Lipinski definition) is 0. The minimum atomic E-state index is -0.267.